The topological polar surface area (TPSA) is 56.2 Å². The third-order valence-electron chi connectivity index (χ3n) is 3.51. The molecule has 5 nitrogen and oxygen atoms in total. The van der Waals surface area contributed by atoms with Gasteiger partial charge in [-0.15, -0.1) is 0 Å². The van der Waals surface area contributed by atoms with Crippen molar-refractivity contribution in [2.24, 2.45) is 0 Å². The van der Waals surface area contributed by atoms with E-state index in [0.29, 0.717) is 15.8 Å². The Morgan fingerprint density at radius 3 is 2.69 bits per heavy atom. The zero-order valence-corrected chi connectivity index (χ0v) is 15.0. The lowest BCUT2D eigenvalue weighted by Crippen LogP contribution is -2.23. The Bertz CT molecular complexity index is 913. The average Bonchev–Trinajstić information content (AvgIpc) is 3.11. The maximum absolute atomic E-state index is 12.9. The first-order valence-electron chi connectivity index (χ1n) is 7.66. The monoisotopic (exact) mass is 393 g/mol. The highest BCUT2D eigenvalue weighted by Crippen LogP contribution is 2.31. The van der Waals surface area contributed by atoms with Crippen LogP contribution in [0.1, 0.15) is 16.1 Å². The first-order chi connectivity index (χ1) is 12.5. The molecule has 0 aliphatic carbocycles. The van der Waals surface area contributed by atoms with Crippen molar-refractivity contribution in [2.45, 2.75) is 13.3 Å². The van der Waals surface area contributed by atoms with Crippen LogP contribution in [0.4, 0.5) is 4.39 Å². The van der Waals surface area contributed by atoms with E-state index in [9.17, 15) is 9.18 Å². The van der Waals surface area contributed by atoms with Crippen LogP contribution in [0.15, 0.2) is 54.7 Å². The summed E-state index contributed by atoms with van der Waals surface area (Å²) in [5.74, 6) is -0.232. The molecule has 1 N–H and O–H groups in total. The second-order valence-electron chi connectivity index (χ2n) is 5.37. The number of nitrogens with zero attached hydrogens (tertiary/aromatic N) is 2. The lowest BCUT2D eigenvalue weighted by Gasteiger charge is -2.08. The summed E-state index contributed by atoms with van der Waals surface area (Å²) in [5, 5.41) is 7.58. The number of halogens is 3. The molecule has 0 spiro atoms. The van der Waals surface area contributed by atoms with Crippen LogP contribution in [0, 0.1) is 5.82 Å². The minimum atomic E-state index is -0.339. The van der Waals surface area contributed by atoms with Gasteiger partial charge in [-0.3, -0.25) is 4.79 Å². The Morgan fingerprint density at radius 2 is 1.92 bits per heavy atom. The standard InChI is InChI=1S/C18H14Cl2FN3O2/c19-14-2-1-3-16(17(14)20)26-11-24-9-8-15(23-24)18(25)22-10-12-4-6-13(21)7-5-12/h1-9H,10-11H2,(H,22,25). The van der Waals surface area contributed by atoms with E-state index in [1.54, 1.807) is 42.6 Å². The first-order valence-corrected chi connectivity index (χ1v) is 8.41. The van der Waals surface area contributed by atoms with E-state index < -0.39 is 0 Å². The molecule has 0 aliphatic heterocycles. The Morgan fingerprint density at radius 1 is 1.15 bits per heavy atom. The van der Waals surface area contributed by atoms with Crippen LogP contribution in [0.3, 0.4) is 0 Å². The van der Waals surface area contributed by atoms with Crippen molar-refractivity contribution < 1.29 is 13.9 Å². The number of rotatable bonds is 6. The molecule has 2 aromatic carbocycles. The zero-order chi connectivity index (χ0) is 18.5. The molecular weight excluding hydrogens is 380 g/mol. The summed E-state index contributed by atoms with van der Waals surface area (Å²) >= 11 is 12.0. The highest BCUT2D eigenvalue weighted by Gasteiger charge is 2.10. The van der Waals surface area contributed by atoms with Crippen LogP contribution in [0.5, 0.6) is 5.75 Å². The van der Waals surface area contributed by atoms with Crippen LogP contribution in [0.25, 0.3) is 0 Å². The van der Waals surface area contributed by atoms with Crippen molar-refractivity contribution in [1.82, 2.24) is 15.1 Å². The maximum Gasteiger partial charge on any atom is 0.272 e. The van der Waals surface area contributed by atoms with Gasteiger partial charge in [0.15, 0.2) is 6.73 Å². The van der Waals surface area contributed by atoms with Crippen molar-refractivity contribution in [3.63, 3.8) is 0 Å². The molecule has 26 heavy (non-hydrogen) atoms. The van der Waals surface area contributed by atoms with E-state index in [1.165, 1.54) is 16.8 Å². The van der Waals surface area contributed by atoms with Gasteiger partial charge in [-0.25, -0.2) is 9.07 Å². The summed E-state index contributed by atoms with van der Waals surface area (Å²) in [6.45, 7) is 0.353. The zero-order valence-electron chi connectivity index (χ0n) is 13.5. The minimum Gasteiger partial charge on any atom is -0.470 e. The molecule has 0 unspecified atom stereocenters. The molecule has 0 saturated heterocycles. The highest BCUT2D eigenvalue weighted by molar-refractivity contribution is 6.42. The Labute approximate surface area is 159 Å². The molecule has 0 radical (unpaired) electrons. The van der Waals surface area contributed by atoms with Crippen LogP contribution < -0.4 is 10.1 Å². The SMILES string of the molecule is O=C(NCc1ccc(F)cc1)c1ccn(COc2cccc(Cl)c2Cl)n1. The van der Waals surface area contributed by atoms with Gasteiger partial charge in [0.25, 0.3) is 5.91 Å². The Kier molecular flexibility index (Phi) is 5.75. The molecule has 1 aromatic heterocycles. The predicted molar refractivity (Wildman–Crippen MR) is 96.9 cm³/mol. The van der Waals surface area contributed by atoms with Gasteiger partial charge in [-0.1, -0.05) is 41.4 Å². The molecule has 0 fully saturated rings. The fourth-order valence-electron chi connectivity index (χ4n) is 2.16. The van der Waals surface area contributed by atoms with Crippen molar-refractivity contribution in [3.05, 3.63) is 81.8 Å². The van der Waals surface area contributed by atoms with Gasteiger partial charge >= 0.3 is 0 Å². The van der Waals surface area contributed by atoms with Crippen LogP contribution in [0.2, 0.25) is 10.0 Å². The third kappa shape index (κ3) is 4.53. The van der Waals surface area contributed by atoms with Crippen molar-refractivity contribution in [1.29, 1.82) is 0 Å². The Hall–Kier alpha value is -2.57. The molecule has 0 saturated carbocycles. The van der Waals surface area contributed by atoms with E-state index in [0.717, 1.165) is 5.56 Å². The van der Waals surface area contributed by atoms with Gasteiger partial charge in [0.1, 0.15) is 22.3 Å². The molecule has 134 valence electrons. The number of benzene rings is 2. The lowest BCUT2D eigenvalue weighted by atomic mass is 10.2. The van der Waals surface area contributed by atoms with Gasteiger partial charge in [0.05, 0.1) is 5.02 Å². The van der Waals surface area contributed by atoms with E-state index in [4.69, 9.17) is 27.9 Å². The van der Waals surface area contributed by atoms with Crippen LogP contribution in [-0.2, 0) is 13.3 Å². The summed E-state index contributed by atoms with van der Waals surface area (Å²) in [5.41, 5.74) is 1.03. The summed E-state index contributed by atoms with van der Waals surface area (Å²) in [4.78, 5) is 12.1. The van der Waals surface area contributed by atoms with Crippen molar-refractivity contribution in [3.8, 4) is 5.75 Å². The minimum absolute atomic E-state index is 0.0747. The summed E-state index contributed by atoms with van der Waals surface area (Å²) in [6.07, 6.45) is 1.62. The molecule has 0 atom stereocenters. The van der Waals surface area contributed by atoms with E-state index in [-0.39, 0.29) is 30.7 Å². The molecule has 0 aliphatic rings. The summed E-state index contributed by atoms with van der Waals surface area (Å²) in [7, 11) is 0. The quantitative estimate of drug-likeness (QED) is 0.679. The lowest BCUT2D eigenvalue weighted by molar-refractivity contribution is 0.0944. The van der Waals surface area contributed by atoms with E-state index in [1.807, 2.05) is 0 Å². The van der Waals surface area contributed by atoms with Crippen molar-refractivity contribution >= 4 is 29.1 Å². The van der Waals surface area contributed by atoms with Gasteiger partial charge in [-0.05, 0) is 35.9 Å². The number of ether oxygens (including phenoxy) is 1. The van der Waals surface area contributed by atoms with Gasteiger partial charge in [0, 0.05) is 12.7 Å². The average molecular weight is 394 g/mol. The maximum atomic E-state index is 12.9. The van der Waals surface area contributed by atoms with Crippen molar-refractivity contribution in [2.75, 3.05) is 0 Å². The first kappa shape index (κ1) is 18.2. The smallest absolute Gasteiger partial charge is 0.272 e. The number of hydrogen-bond donors (Lipinski definition) is 1. The summed E-state index contributed by atoms with van der Waals surface area (Å²) < 4.78 is 19.9. The van der Waals surface area contributed by atoms with E-state index in [2.05, 4.69) is 10.4 Å². The fraction of sp³-hybridized carbons (Fsp3) is 0.111. The number of carbonyl (C=O) groups excluding carboxylic acids is 1. The largest absolute Gasteiger partial charge is 0.470 e. The molecule has 8 heteroatoms. The number of carbonyl (C=O) groups is 1. The number of aromatic nitrogens is 2. The number of nitrogens with one attached hydrogen (secondary N) is 1. The molecule has 1 heterocycles. The third-order valence-corrected chi connectivity index (χ3v) is 4.31. The molecule has 3 rings (SSSR count). The molecule has 1 amide bonds. The number of amides is 1. The molecular formula is C18H14Cl2FN3O2. The highest BCUT2D eigenvalue weighted by atomic mass is 35.5. The number of hydrogen-bond acceptors (Lipinski definition) is 3. The second-order valence-corrected chi connectivity index (χ2v) is 6.16. The normalized spacial score (nSPS) is 10.6. The Balaban J connectivity index is 1.56. The summed E-state index contributed by atoms with van der Waals surface area (Å²) in [6, 6.07) is 12.5. The molecule has 0 bridgehead atoms. The molecule has 3 aromatic rings. The van der Waals surface area contributed by atoms with Gasteiger partial charge in [-0.2, -0.15) is 5.10 Å². The second kappa shape index (κ2) is 8.21. The van der Waals surface area contributed by atoms with E-state index >= 15 is 0 Å². The van der Waals surface area contributed by atoms with Gasteiger partial charge < -0.3 is 10.1 Å². The fourth-order valence-corrected chi connectivity index (χ4v) is 2.51. The van der Waals surface area contributed by atoms with Gasteiger partial charge in [0.2, 0.25) is 0 Å². The van der Waals surface area contributed by atoms with Crippen LogP contribution in [-0.4, -0.2) is 15.7 Å². The van der Waals surface area contributed by atoms with Crippen LogP contribution >= 0.6 is 23.2 Å². The predicted octanol–water partition coefficient (Wildman–Crippen LogP) is 4.30.